The lowest BCUT2D eigenvalue weighted by molar-refractivity contribution is -0.201. The van der Waals surface area contributed by atoms with Gasteiger partial charge in [-0.3, -0.25) is 0 Å². The number of hydrogen-bond acceptors (Lipinski definition) is 4. The van der Waals surface area contributed by atoms with Crippen molar-refractivity contribution in [2.24, 2.45) is 5.41 Å². The van der Waals surface area contributed by atoms with Gasteiger partial charge in [0, 0.05) is 12.0 Å². The van der Waals surface area contributed by atoms with Crippen molar-refractivity contribution in [2.75, 3.05) is 13.2 Å². The molecule has 1 aromatic carbocycles. The minimum atomic E-state index is -0.602. The highest BCUT2D eigenvalue weighted by Gasteiger charge is 2.56. The summed E-state index contributed by atoms with van der Waals surface area (Å²) in [7, 11) is 0. The summed E-state index contributed by atoms with van der Waals surface area (Å²) in [6.07, 6.45) is 2.33. The van der Waals surface area contributed by atoms with Gasteiger partial charge in [0.15, 0.2) is 12.1 Å². The van der Waals surface area contributed by atoms with Crippen LogP contribution in [-0.2, 0) is 25.6 Å². The maximum atomic E-state index is 6.02. The highest BCUT2D eigenvalue weighted by Crippen LogP contribution is 2.47. The molecule has 0 bridgehead atoms. The molecular weight excluding hydrogens is 280 g/mol. The first-order valence-electron chi connectivity index (χ1n) is 7.77. The number of hydrogen-bond donors (Lipinski definition) is 0. The Kier molecular flexibility index (Phi) is 4.37. The Morgan fingerprint density at radius 2 is 2.05 bits per heavy atom. The molecule has 2 heterocycles. The first-order chi connectivity index (χ1) is 10.5. The van der Waals surface area contributed by atoms with Crippen molar-refractivity contribution < 1.29 is 18.9 Å². The Balaban J connectivity index is 1.55. The maximum absolute atomic E-state index is 6.02. The smallest absolute Gasteiger partial charge is 0.188 e. The normalized spacial score (nSPS) is 32.8. The second kappa shape index (κ2) is 6.13. The van der Waals surface area contributed by atoms with E-state index in [4.69, 9.17) is 18.9 Å². The average molecular weight is 304 g/mol. The predicted molar refractivity (Wildman–Crippen MR) is 83.1 cm³/mol. The molecule has 0 spiro atoms. The second-order valence-electron chi connectivity index (χ2n) is 6.46. The topological polar surface area (TPSA) is 36.9 Å². The molecule has 2 aliphatic rings. The van der Waals surface area contributed by atoms with Gasteiger partial charge in [-0.25, -0.2) is 0 Å². The van der Waals surface area contributed by atoms with Crippen LogP contribution in [0.1, 0.15) is 25.8 Å². The maximum Gasteiger partial charge on any atom is 0.188 e. The van der Waals surface area contributed by atoms with E-state index in [-0.39, 0.29) is 17.8 Å². The molecule has 4 nitrogen and oxygen atoms in total. The minimum Gasteiger partial charge on any atom is -0.377 e. The lowest BCUT2D eigenvalue weighted by Crippen LogP contribution is -2.37. The van der Waals surface area contributed by atoms with Crippen LogP contribution < -0.4 is 0 Å². The van der Waals surface area contributed by atoms with Crippen molar-refractivity contribution in [1.29, 1.82) is 0 Å². The van der Waals surface area contributed by atoms with E-state index in [1.165, 1.54) is 5.56 Å². The van der Waals surface area contributed by atoms with Crippen LogP contribution in [0.4, 0.5) is 0 Å². The van der Waals surface area contributed by atoms with Crippen LogP contribution in [0, 0.1) is 5.41 Å². The molecular formula is C18H24O4. The molecule has 3 rings (SSSR count). The summed E-state index contributed by atoms with van der Waals surface area (Å²) in [5, 5.41) is 0. The Morgan fingerprint density at radius 1 is 1.27 bits per heavy atom. The van der Waals surface area contributed by atoms with Crippen molar-refractivity contribution in [3.8, 4) is 0 Å². The van der Waals surface area contributed by atoms with Gasteiger partial charge in [-0.1, -0.05) is 36.4 Å². The average Bonchev–Trinajstić information content (AvgIpc) is 2.99. The fraction of sp³-hybridized carbons (Fsp3) is 0.556. The third-order valence-corrected chi connectivity index (χ3v) is 4.37. The first-order valence-corrected chi connectivity index (χ1v) is 7.77. The van der Waals surface area contributed by atoms with E-state index in [1.54, 1.807) is 0 Å². The van der Waals surface area contributed by atoms with E-state index in [0.717, 1.165) is 6.42 Å². The Hall–Kier alpha value is -1.20. The molecule has 120 valence electrons. The van der Waals surface area contributed by atoms with E-state index in [0.29, 0.717) is 19.8 Å². The number of rotatable bonds is 6. The Morgan fingerprint density at radius 3 is 2.77 bits per heavy atom. The van der Waals surface area contributed by atoms with E-state index in [1.807, 2.05) is 38.1 Å². The second-order valence-corrected chi connectivity index (χ2v) is 6.46. The zero-order valence-corrected chi connectivity index (χ0v) is 13.3. The summed E-state index contributed by atoms with van der Waals surface area (Å²) in [6, 6.07) is 10.2. The van der Waals surface area contributed by atoms with Gasteiger partial charge in [0.2, 0.25) is 0 Å². The van der Waals surface area contributed by atoms with Gasteiger partial charge in [0.05, 0.1) is 13.2 Å². The number of ether oxygens (including phenoxy) is 4. The summed E-state index contributed by atoms with van der Waals surface area (Å²) in [4.78, 5) is 0. The van der Waals surface area contributed by atoms with E-state index in [9.17, 15) is 0 Å². The zero-order chi connectivity index (χ0) is 15.6. The van der Waals surface area contributed by atoms with Crippen LogP contribution in [0.3, 0.4) is 0 Å². The van der Waals surface area contributed by atoms with Crippen molar-refractivity contribution >= 4 is 0 Å². The van der Waals surface area contributed by atoms with Gasteiger partial charge in [0.1, 0.15) is 6.10 Å². The van der Waals surface area contributed by atoms with Gasteiger partial charge in [0.25, 0.3) is 0 Å². The zero-order valence-electron chi connectivity index (χ0n) is 13.3. The molecule has 0 amide bonds. The molecule has 0 unspecified atom stereocenters. The standard InChI is InChI=1S/C18H24O4/c1-4-18(10-11-19-12-14-8-6-5-7-9-14)13-20-16-15(18)21-17(2,3)22-16/h4-9,15-16H,1,10-13H2,2-3H3/t15-,16+,18+/m0/s1. The van der Waals surface area contributed by atoms with Gasteiger partial charge in [-0.05, 0) is 25.8 Å². The van der Waals surface area contributed by atoms with Crippen molar-refractivity contribution in [3.05, 3.63) is 48.6 Å². The highest BCUT2D eigenvalue weighted by molar-refractivity contribution is 5.13. The fourth-order valence-electron chi connectivity index (χ4n) is 3.08. The minimum absolute atomic E-state index is 0.111. The number of fused-ring (bicyclic) bond motifs is 1. The molecule has 4 heteroatoms. The van der Waals surface area contributed by atoms with Gasteiger partial charge in [-0.15, -0.1) is 6.58 Å². The molecule has 22 heavy (non-hydrogen) atoms. The molecule has 0 aliphatic carbocycles. The fourth-order valence-corrected chi connectivity index (χ4v) is 3.08. The van der Waals surface area contributed by atoms with Crippen LogP contribution >= 0.6 is 0 Å². The monoisotopic (exact) mass is 304 g/mol. The third kappa shape index (κ3) is 3.10. The molecule has 2 fully saturated rings. The first kappa shape index (κ1) is 15.7. The lowest BCUT2D eigenvalue weighted by Gasteiger charge is -2.30. The van der Waals surface area contributed by atoms with Crippen molar-refractivity contribution in [1.82, 2.24) is 0 Å². The van der Waals surface area contributed by atoms with E-state index in [2.05, 4.69) is 18.7 Å². The highest BCUT2D eigenvalue weighted by atomic mass is 16.8. The third-order valence-electron chi connectivity index (χ3n) is 4.37. The summed E-state index contributed by atoms with van der Waals surface area (Å²) in [5.41, 5.74) is 0.937. The van der Waals surface area contributed by atoms with Crippen LogP contribution in [-0.4, -0.2) is 31.4 Å². The molecule has 0 N–H and O–H groups in total. The van der Waals surface area contributed by atoms with E-state index < -0.39 is 5.79 Å². The van der Waals surface area contributed by atoms with Gasteiger partial charge in [-0.2, -0.15) is 0 Å². The molecule has 3 atom stereocenters. The summed E-state index contributed by atoms with van der Waals surface area (Å²) in [5.74, 6) is -0.602. The van der Waals surface area contributed by atoms with Crippen molar-refractivity contribution in [2.45, 2.75) is 45.1 Å². The van der Waals surface area contributed by atoms with Crippen LogP contribution in [0.2, 0.25) is 0 Å². The molecule has 0 saturated carbocycles. The van der Waals surface area contributed by atoms with Crippen LogP contribution in [0.5, 0.6) is 0 Å². The van der Waals surface area contributed by atoms with Gasteiger partial charge >= 0.3 is 0 Å². The predicted octanol–water partition coefficient (Wildman–Crippen LogP) is 3.27. The van der Waals surface area contributed by atoms with Crippen molar-refractivity contribution in [3.63, 3.8) is 0 Å². The Labute approximate surface area is 132 Å². The molecule has 2 saturated heterocycles. The van der Waals surface area contributed by atoms with E-state index >= 15 is 0 Å². The number of benzene rings is 1. The summed E-state index contributed by atoms with van der Waals surface area (Å²) >= 11 is 0. The SMILES string of the molecule is C=C[C@@]1(CCOCc2ccccc2)CO[C@@H]2OC(C)(C)O[C@@H]21. The summed E-state index contributed by atoms with van der Waals surface area (Å²) < 4.78 is 23.4. The quantitative estimate of drug-likeness (QED) is 0.597. The molecule has 1 aromatic rings. The largest absolute Gasteiger partial charge is 0.377 e. The molecule has 0 aromatic heterocycles. The van der Waals surface area contributed by atoms with Crippen LogP contribution in [0.15, 0.2) is 43.0 Å². The summed E-state index contributed by atoms with van der Waals surface area (Å²) in [6.45, 7) is 9.63. The molecule has 2 aliphatic heterocycles. The van der Waals surface area contributed by atoms with Gasteiger partial charge < -0.3 is 18.9 Å². The lowest BCUT2D eigenvalue weighted by atomic mass is 9.81. The molecule has 0 radical (unpaired) electrons. The van der Waals surface area contributed by atoms with Crippen LogP contribution in [0.25, 0.3) is 0 Å². The Bertz CT molecular complexity index is 513.